The van der Waals surface area contributed by atoms with E-state index in [1.54, 1.807) is 28.4 Å². The van der Waals surface area contributed by atoms with Gasteiger partial charge in [-0.25, -0.2) is 0 Å². The van der Waals surface area contributed by atoms with Gasteiger partial charge in [-0.3, -0.25) is 0 Å². The molecule has 22 heavy (non-hydrogen) atoms. The second-order valence-corrected chi connectivity index (χ2v) is 13.2. The fraction of sp³-hybridized carbons (Fsp3) is 1.00. The molecule has 0 spiro atoms. The first-order valence-electron chi connectivity index (χ1n) is 8.03. The number of hydrogen-bond donors (Lipinski definition) is 0. The van der Waals surface area contributed by atoms with Crippen molar-refractivity contribution in [2.24, 2.45) is 0 Å². The van der Waals surface area contributed by atoms with Crippen LogP contribution in [0.15, 0.2) is 0 Å². The molecule has 0 heterocycles. The van der Waals surface area contributed by atoms with Gasteiger partial charge in [0.15, 0.2) is 0 Å². The summed E-state index contributed by atoms with van der Waals surface area (Å²) in [4.78, 5) is 0. The van der Waals surface area contributed by atoms with Gasteiger partial charge in [0.1, 0.15) is 0 Å². The van der Waals surface area contributed by atoms with Crippen LogP contribution in [0.2, 0.25) is 11.1 Å². The molecule has 0 radical (unpaired) electrons. The molecule has 0 N–H and O–H groups in total. The van der Waals surface area contributed by atoms with E-state index >= 15 is 0 Å². The van der Waals surface area contributed by atoms with Crippen molar-refractivity contribution in [1.82, 2.24) is 0 Å². The molecular weight excluding hydrogens is 352 g/mol. The Kier molecular flexibility index (Phi) is 16.2. The largest absolute Gasteiger partial charge is 0.400 e. The van der Waals surface area contributed by atoms with Gasteiger partial charge in [-0.05, 0) is 12.8 Å². The van der Waals surface area contributed by atoms with Crippen molar-refractivity contribution >= 4 is 40.2 Å². The molecule has 2 unspecified atom stereocenters. The lowest BCUT2D eigenvalue weighted by Gasteiger charge is -2.21. The van der Waals surface area contributed by atoms with Crippen molar-refractivity contribution in [3.63, 3.8) is 0 Å². The van der Waals surface area contributed by atoms with Gasteiger partial charge in [-0.15, -0.1) is 0 Å². The van der Waals surface area contributed by atoms with E-state index in [4.69, 9.17) is 17.7 Å². The van der Waals surface area contributed by atoms with Gasteiger partial charge in [-0.1, -0.05) is 48.3 Å². The third kappa shape index (κ3) is 9.31. The monoisotopic (exact) mass is 386 g/mol. The summed E-state index contributed by atoms with van der Waals surface area (Å²) in [6, 6.07) is 0. The van der Waals surface area contributed by atoms with Crippen LogP contribution in [0, 0.1) is 0 Å². The van der Waals surface area contributed by atoms with Crippen LogP contribution in [0.5, 0.6) is 0 Å². The molecule has 8 heteroatoms. The minimum Gasteiger partial charge on any atom is -0.400 e. The maximum atomic E-state index is 5.51. The summed E-state index contributed by atoms with van der Waals surface area (Å²) in [5, 5.41) is 0. The predicted octanol–water partition coefficient (Wildman–Crippen LogP) is 3.74. The highest BCUT2D eigenvalue weighted by Crippen LogP contribution is 2.31. The van der Waals surface area contributed by atoms with Crippen LogP contribution in [0.4, 0.5) is 0 Å². The van der Waals surface area contributed by atoms with Crippen molar-refractivity contribution < 1.29 is 17.7 Å². The molecule has 2 atom stereocenters. The molecule has 0 aromatic rings. The maximum absolute atomic E-state index is 5.51. The molecule has 0 saturated carbocycles. The molecule has 0 aromatic heterocycles. The Balaban J connectivity index is 3.83. The average molecular weight is 387 g/mol. The van der Waals surface area contributed by atoms with Crippen molar-refractivity contribution in [3.05, 3.63) is 0 Å². The van der Waals surface area contributed by atoms with Gasteiger partial charge in [-0.2, -0.15) is 0 Å². The van der Waals surface area contributed by atoms with E-state index in [2.05, 4.69) is 13.8 Å². The van der Waals surface area contributed by atoms with Crippen molar-refractivity contribution in [3.8, 4) is 0 Å². The second-order valence-electron chi connectivity index (χ2n) is 5.24. The minimum atomic E-state index is -1.46. The number of hydrogen-bond acceptors (Lipinski definition) is 6. The highest BCUT2D eigenvalue weighted by molar-refractivity contribution is 8.76. The molecule has 0 aliphatic carbocycles. The lowest BCUT2D eigenvalue weighted by molar-refractivity contribution is 0.262. The highest BCUT2D eigenvalue weighted by Gasteiger charge is 2.23. The Morgan fingerprint density at radius 2 is 1.00 bits per heavy atom. The zero-order valence-corrected chi connectivity index (χ0v) is 18.9. The summed E-state index contributed by atoms with van der Waals surface area (Å²) in [7, 11) is 8.15. The van der Waals surface area contributed by atoms with Crippen LogP contribution in [0.1, 0.15) is 39.5 Å². The Morgan fingerprint density at radius 3 is 1.23 bits per heavy atom. The summed E-state index contributed by atoms with van der Waals surface area (Å²) < 4.78 is 22.0. The molecular formula is C14H34O4S2Si2. The van der Waals surface area contributed by atoms with Crippen LogP contribution in [0.3, 0.4) is 0 Å². The Bertz CT molecular complexity index is 221. The van der Waals surface area contributed by atoms with Crippen LogP contribution < -0.4 is 0 Å². The average Bonchev–Trinajstić information content (AvgIpc) is 2.56. The topological polar surface area (TPSA) is 36.9 Å². The summed E-state index contributed by atoms with van der Waals surface area (Å²) in [5.41, 5.74) is 1.23. The van der Waals surface area contributed by atoms with Crippen LogP contribution in [0.25, 0.3) is 0 Å². The first-order valence-corrected chi connectivity index (χ1v) is 13.7. The fourth-order valence-corrected chi connectivity index (χ4v) is 8.92. The van der Waals surface area contributed by atoms with Crippen molar-refractivity contribution in [1.29, 1.82) is 0 Å². The quantitative estimate of drug-likeness (QED) is 0.242. The van der Waals surface area contributed by atoms with Gasteiger partial charge in [0, 0.05) is 51.0 Å². The Labute approximate surface area is 148 Å². The van der Waals surface area contributed by atoms with Gasteiger partial charge < -0.3 is 17.7 Å². The van der Waals surface area contributed by atoms with E-state index in [0.29, 0.717) is 11.1 Å². The lowest BCUT2D eigenvalue weighted by atomic mass is 10.3. The van der Waals surface area contributed by atoms with Crippen LogP contribution in [-0.4, -0.2) is 58.5 Å². The van der Waals surface area contributed by atoms with E-state index < -0.39 is 18.6 Å². The third-order valence-electron chi connectivity index (χ3n) is 3.98. The lowest BCUT2D eigenvalue weighted by Crippen LogP contribution is -2.26. The standard InChI is InChI=1S/C14H34O4S2Si2/c1-7-13(21(15-3)16-4)9-11-19-20-12-10-14(8-2)22(17-5)18-6/h13-14,21-22H,7-12H2,1-6H3. The molecule has 0 bridgehead atoms. The van der Waals surface area contributed by atoms with E-state index in [9.17, 15) is 0 Å². The smallest absolute Gasteiger partial charge is 0.324 e. The maximum Gasteiger partial charge on any atom is 0.324 e. The third-order valence-corrected chi connectivity index (χ3v) is 11.5. The first-order chi connectivity index (χ1) is 10.7. The molecule has 0 aliphatic heterocycles. The second kappa shape index (κ2) is 15.5. The highest BCUT2D eigenvalue weighted by atomic mass is 33.1. The fourth-order valence-electron chi connectivity index (χ4n) is 2.54. The van der Waals surface area contributed by atoms with E-state index in [1.165, 1.54) is 24.3 Å². The van der Waals surface area contributed by atoms with E-state index in [1.807, 2.05) is 21.6 Å². The summed E-state index contributed by atoms with van der Waals surface area (Å²) in [6.07, 6.45) is 4.68. The molecule has 0 saturated heterocycles. The SMILES string of the molecule is CCC(CCSSCCC(CC)[SiH](OC)OC)[SiH](OC)OC. The summed E-state index contributed by atoms with van der Waals surface area (Å²) in [5.74, 6) is 2.34. The molecule has 134 valence electrons. The summed E-state index contributed by atoms with van der Waals surface area (Å²) >= 11 is 0. The molecule has 0 amide bonds. The first kappa shape index (κ1) is 23.0. The van der Waals surface area contributed by atoms with Gasteiger partial charge in [0.2, 0.25) is 0 Å². The minimum absolute atomic E-state index is 0.616. The Morgan fingerprint density at radius 1 is 0.682 bits per heavy atom. The van der Waals surface area contributed by atoms with Gasteiger partial charge in [0.25, 0.3) is 0 Å². The molecule has 0 rings (SSSR count). The van der Waals surface area contributed by atoms with Gasteiger partial charge in [0.05, 0.1) is 0 Å². The van der Waals surface area contributed by atoms with Crippen LogP contribution in [-0.2, 0) is 17.7 Å². The predicted molar refractivity (Wildman–Crippen MR) is 105 cm³/mol. The normalized spacial score (nSPS) is 14.7. The van der Waals surface area contributed by atoms with Gasteiger partial charge >= 0.3 is 18.6 Å². The molecule has 0 fully saturated rings. The van der Waals surface area contributed by atoms with Crippen molar-refractivity contribution in [2.75, 3.05) is 39.9 Å². The molecule has 0 aliphatic rings. The molecule has 4 nitrogen and oxygen atoms in total. The van der Waals surface area contributed by atoms with Crippen LogP contribution >= 0.6 is 21.6 Å². The van der Waals surface area contributed by atoms with Crippen molar-refractivity contribution in [2.45, 2.75) is 50.6 Å². The van der Waals surface area contributed by atoms with E-state index in [0.717, 1.165) is 12.8 Å². The summed E-state index contributed by atoms with van der Waals surface area (Å²) in [6.45, 7) is 4.46. The molecule has 0 aromatic carbocycles. The Hall–Kier alpha value is 0.974. The number of rotatable bonds is 15. The zero-order chi connectivity index (χ0) is 16.8. The van der Waals surface area contributed by atoms with E-state index in [-0.39, 0.29) is 0 Å². The zero-order valence-electron chi connectivity index (χ0n) is 15.0.